The Hall–Kier alpha value is -2.82. The summed E-state index contributed by atoms with van der Waals surface area (Å²) in [7, 11) is 0. The summed E-state index contributed by atoms with van der Waals surface area (Å²) < 4.78 is 5.34. The van der Waals surface area contributed by atoms with Gasteiger partial charge in [-0.2, -0.15) is 5.10 Å². The molecule has 1 amide bonds. The van der Waals surface area contributed by atoms with Crippen molar-refractivity contribution in [3.63, 3.8) is 0 Å². The second-order valence-corrected chi connectivity index (χ2v) is 4.72. The summed E-state index contributed by atoms with van der Waals surface area (Å²) in [5.41, 5.74) is 11.0. The highest BCUT2D eigenvalue weighted by Crippen LogP contribution is 2.12. The number of carbonyl (C=O) groups excluding carboxylic acids is 1. The van der Waals surface area contributed by atoms with Gasteiger partial charge in [-0.1, -0.05) is 12.1 Å². The van der Waals surface area contributed by atoms with Gasteiger partial charge < -0.3 is 10.5 Å². The maximum absolute atomic E-state index is 12.0. The van der Waals surface area contributed by atoms with E-state index in [1.807, 2.05) is 26.0 Å². The molecular weight excluding hydrogens is 278 g/mol. The summed E-state index contributed by atoms with van der Waals surface area (Å²) in [6, 6.07) is 14.2. The van der Waals surface area contributed by atoms with Gasteiger partial charge in [0.05, 0.1) is 12.3 Å². The minimum absolute atomic E-state index is 0.266. The third-order valence-electron chi connectivity index (χ3n) is 3.08. The van der Waals surface area contributed by atoms with Crippen LogP contribution in [0.5, 0.6) is 5.75 Å². The molecule has 0 radical (unpaired) electrons. The number of carbonyl (C=O) groups is 1. The van der Waals surface area contributed by atoms with Gasteiger partial charge in [-0.05, 0) is 55.8 Å². The zero-order chi connectivity index (χ0) is 15.9. The van der Waals surface area contributed by atoms with Gasteiger partial charge in [0.1, 0.15) is 5.75 Å². The van der Waals surface area contributed by atoms with Crippen LogP contribution in [-0.2, 0) is 0 Å². The predicted molar refractivity (Wildman–Crippen MR) is 88.1 cm³/mol. The number of amides is 1. The Balaban J connectivity index is 2.01. The van der Waals surface area contributed by atoms with Crippen LogP contribution in [-0.4, -0.2) is 18.2 Å². The number of benzene rings is 2. The van der Waals surface area contributed by atoms with E-state index in [0.29, 0.717) is 23.6 Å². The van der Waals surface area contributed by atoms with Crippen molar-refractivity contribution in [1.29, 1.82) is 0 Å². The third-order valence-corrected chi connectivity index (χ3v) is 3.08. The maximum Gasteiger partial charge on any atom is 0.271 e. The summed E-state index contributed by atoms with van der Waals surface area (Å²) in [6.45, 7) is 4.33. The minimum Gasteiger partial charge on any atom is -0.494 e. The molecule has 0 aliphatic rings. The second-order valence-electron chi connectivity index (χ2n) is 4.72. The third kappa shape index (κ3) is 4.09. The monoisotopic (exact) mass is 297 g/mol. The SMILES string of the molecule is CCOc1ccc(C(=O)NN=C(C)c2ccc(N)cc2)cc1. The average Bonchev–Trinajstić information content (AvgIpc) is 2.54. The molecule has 0 saturated heterocycles. The molecule has 2 aromatic carbocycles. The Morgan fingerprint density at radius 3 is 2.27 bits per heavy atom. The highest BCUT2D eigenvalue weighted by atomic mass is 16.5. The zero-order valence-electron chi connectivity index (χ0n) is 12.7. The highest BCUT2D eigenvalue weighted by molar-refractivity contribution is 6.01. The van der Waals surface area contributed by atoms with Crippen molar-refractivity contribution in [2.45, 2.75) is 13.8 Å². The molecule has 2 rings (SSSR count). The molecule has 0 aromatic heterocycles. The van der Waals surface area contributed by atoms with Crippen LogP contribution in [0.25, 0.3) is 0 Å². The van der Waals surface area contributed by atoms with E-state index in [-0.39, 0.29) is 5.91 Å². The number of nitrogen functional groups attached to an aromatic ring is 1. The fourth-order valence-electron chi connectivity index (χ4n) is 1.86. The van der Waals surface area contributed by atoms with Crippen molar-refractivity contribution in [2.24, 2.45) is 5.10 Å². The van der Waals surface area contributed by atoms with Crippen molar-refractivity contribution in [1.82, 2.24) is 5.43 Å². The van der Waals surface area contributed by atoms with Gasteiger partial charge in [0, 0.05) is 11.3 Å². The van der Waals surface area contributed by atoms with Crippen LogP contribution in [0.2, 0.25) is 0 Å². The number of nitrogens with one attached hydrogen (secondary N) is 1. The first-order valence-electron chi connectivity index (χ1n) is 7.03. The van der Waals surface area contributed by atoms with Crippen LogP contribution in [0, 0.1) is 0 Å². The quantitative estimate of drug-likeness (QED) is 0.506. The summed E-state index contributed by atoms with van der Waals surface area (Å²) >= 11 is 0. The lowest BCUT2D eigenvalue weighted by atomic mass is 10.1. The van der Waals surface area contributed by atoms with Crippen molar-refractivity contribution in [3.8, 4) is 5.75 Å². The van der Waals surface area contributed by atoms with E-state index in [9.17, 15) is 4.79 Å². The Bertz CT molecular complexity index is 661. The fourth-order valence-corrected chi connectivity index (χ4v) is 1.86. The lowest BCUT2D eigenvalue weighted by Gasteiger charge is -2.05. The molecule has 0 fully saturated rings. The van der Waals surface area contributed by atoms with E-state index in [1.165, 1.54) is 0 Å². The molecular formula is C17H19N3O2. The lowest BCUT2D eigenvalue weighted by Crippen LogP contribution is -2.19. The predicted octanol–water partition coefficient (Wildman–Crippen LogP) is 2.82. The molecule has 2 aromatic rings. The van der Waals surface area contributed by atoms with Gasteiger partial charge in [0.25, 0.3) is 5.91 Å². The first kappa shape index (κ1) is 15.6. The molecule has 0 aliphatic carbocycles. The molecule has 0 heterocycles. The molecule has 0 aliphatic heterocycles. The molecule has 3 N–H and O–H groups in total. The van der Waals surface area contributed by atoms with Gasteiger partial charge in [-0.25, -0.2) is 5.43 Å². The van der Waals surface area contributed by atoms with Crippen molar-refractivity contribution < 1.29 is 9.53 Å². The Kier molecular flexibility index (Phi) is 5.14. The average molecular weight is 297 g/mol. The number of nitrogens with zero attached hydrogens (tertiary/aromatic N) is 1. The highest BCUT2D eigenvalue weighted by Gasteiger charge is 2.05. The number of nitrogens with two attached hydrogens (primary N) is 1. The smallest absolute Gasteiger partial charge is 0.271 e. The van der Waals surface area contributed by atoms with Crippen LogP contribution in [0.4, 0.5) is 5.69 Å². The topological polar surface area (TPSA) is 76.7 Å². The summed E-state index contributed by atoms with van der Waals surface area (Å²) in [6.07, 6.45) is 0. The van der Waals surface area contributed by atoms with Crippen molar-refractivity contribution in [2.75, 3.05) is 12.3 Å². The minimum atomic E-state index is -0.266. The van der Waals surface area contributed by atoms with Gasteiger partial charge in [-0.15, -0.1) is 0 Å². The Morgan fingerprint density at radius 2 is 1.68 bits per heavy atom. The lowest BCUT2D eigenvalue weighted by molar-refractivity contribution is 0.0955. The second kappa shape index (κ2) is 7.26. The number of hydrazone groups is 1. The van der Waals surface area contributed by atoms with Crippen LogP contribution in [0.15, 0.2) is 53.6 Å². The van der Waals surface area contributed by atoms with Crippen LogP contribution >= 0.6 is 0 Å². The number of ether oxygens (including phenoxy) is 1. The standard InChI is InChI=1S/C17H19N3O2/c1-3-22-16-10-6-14(7-11-16)17(21)20-19-12(2)13-4-8-15(18)9-5-13/h4-11H,3,18H2,1-2H3,(H,20,21). The molecule has 0 bridgehead atoms. The number of hydrogen-bond donors (Lipinski definition) is 2. The van der Waals surface area contributed by atoms with E-state index in [0.717, 1.165) is 11.3 Å². The molecule has 0 spiro atoms. The van der Waals surface area contributed by atoms with Crippen LogP contribution in [0.3, 0.4) is 0 Å². The zero-order valence-corrected chi connectivity index (χ0v) is 12.7. The molecule has 0 atom stereocenters. The van der Waals surface area contributed by atoms with Crippen LogP contribution < -0.4 is 15.9 Å². The number of hydrogen-bond acceptors (Lipinski definition) is 4. The Morgan fingerprint density at radius 1 is 1.09 bits per heavy atom. The van der Waals surface area contributed by atoms with Crippen LogP contribution in [0.1, 0.15) is 29.8 Å². The molecule has 22 heavy (non-hydrogen) atoms. The van der Waals surface area contributed by atoms with E-state index < -0.39 is 0 Å². The fraction of sp³-hybridized carbons (Fsp3) is 0.176. The molecule has 5 nitrogen and oxygen atoms in total. The van der Waals surface area contributed by atoms with E-state index in [2.05, 4.69) is 10.5 Å². The Labute approximate surface area is 129 Å². The van der Waals surface area contributed by atoms with Gasteiger partial charge in [-0.3, -0.25) is 4.79 Å². The number of rotatable bonds is 5. The van der Waals surface area contributed by atoms with E-state index in [4.69, 9.17) is 10.5 Å². The largest absolute Gasteiger partial charge is 0.494 e. The van der Waals surface area contributed by atoms with Gasteiger partial charge in [0.15, 0.2) is 0 Å². The van der Waals surface area contributed by atoms with Crippen molar-refractivity contribution in [3.05, 3.63) is 59.7 Å². The first-order valence-corrected chi connectivity index (χ1v) is 7.03. The summed E-state index contributed by atoms with van der Waals surface area (Å²) in [5.74, 6) is 0.471. The normalized spacial score (nSPS) is 11.1. The summed E-state index contributed by atoms with van der Waals surface area (Å²) in [5, 5.41) is 4.10. The summed E-state index contributed by atoms with van der Waals surface area (Å²) in [4.78, 5) is 12.0. The van der Waals surface area contributed by atoms with Gasteiger partial charge in [0.2, 0.25) is 0 Å². The van der Waals surface area contributed by atoms with E-state index in [1.54, 1.807) is 36.4 Å². The molecule has 0 unspecified atom stereocenters. The van der Waals surface area contributed by atoms with Gasteiger partial charge >= 0.3 is 0 Å². The molecule has 114 valence electrons. The molecule has 5 heteroatoms. The van der Waals surface area contributed by atoms with Crippen molar-refractivity contribution >= 4 is 17.3 Å². The maximum atomic E-state index is 12.0. The van der Waals surface area contributed by atoms with E-state index >= 15 is 0 Å². The number of anilines is 1. The molecule has 0 saturated carbocycles. The first-order chi connectivity index (χ1) is 10.6.